The lowest BCUT2D eigenvalue weighted by Crippen LogP contribution is -3.00. The number of ether oxygens (including phenoxy) is 1. The van der Waals surface area contributed by atoms with Crippen LogP contribution in [0.15, 0.2) is 40.5 Å². The van der Waals surface area contributed by atoms with Gasteiger partial charge in [0.2, 0.25) is 0 Å². The minimum Gasteiger partial charge on any atom is -1.00 e. The number of fused-ring (bicyclic) bond motifs is 2. The molecule has 1 saturated heterocycles. The summed E-state index contributed by atoms with van der Waals surface area (Å²) in [6, 6.07) is 6.67. The maximum atomic E-state index is 5.49. The molecule has 7 heteroatoms. The lowest BCUT2D eigenvalue weighted by atomic mass is 10.1. The van der Waals surface area contributed by atoms with Crippen LogP contribution in [0.25, 0.3) is 0 Å². The van der Waals surface area contributed by atoms with Crippen LogP contribution in [-0.4, -0.2) is 47.8 Å². The lowest BCUT2D eigenvalue weighted by Gasteiger charge is -2.37. The molecule has 2 aliphatic heterocycles. The lowest BCUT2D eigenvalue weighted by molar-refractivity contribution is -0.929. The molecule has 1 aromatic heterocycles. The van der Waals surface area contributed by atoms with Gasteiger partial charge in [0, 0.05) is 22.9 Å². The fourth-order valence-electron chi connectivity index (χ4n) is 2.96. The van der Waals surface area contributed by atoms with E-state index >= 15 is 0 Å². The fourth-order valence-corrected chi connectivity index (χ4v) is 3.84. The summed E-state index contributed by atoms with van der Waals surface area (Å²) >= 11 is 1.68. The number of hydrogen-bond acceptors (Lipinski definition) is 5. The summed E-state index contributed by atoms with van der Waals surface area (Å²) < 4.78 is 6.53. The molecule has 25 heavy (non-hydrogen) atoms. The van der Waals surface area contributed by atoms with Gasteiger partial charge in [-0.25, -0.2) is 9.97 Å². The summed E-state index contributed by atoms with van der Waals surface area (Å²) in [5.41, 5.74) is 2.49. The molecule has 1 N–H and O–H groups in total. The average Bonchev–Trinajstić information content (AvgIpc) is 2.53. The third kappa shape index (κ3) is 4.64. The first kappa shape index (κ1) is 21.7. The zero-order valence-corrected chi connectivity index (χ0v) is 14.5. The van der Waals surface area contributed by atoms with Crippen LogP contribution in [0.4, 0.5) is 11.5 Å². The topological polar surface area (TPSA) is 47.0 Å². The Morgan fingerprint density at radius 2 is 1.88 bits per heavy atom. The molecule has 1 fully saturated rings. The largest absolute Gasteiger partial charge is 1.00 e. The van der Waals surface area contributed by atoms with Gasteiger partial charge in [-0.05, 0) is 12.1 Å². The van der Waals surface area contributed by atoms with E-state index in [0.29, 0.717) is 0 Å². The smallest absolute Gasteiger partial charge is 0.163 e. The molecule has 2 aromatic rings. The molecule has 0 aliphatic carbocycles. The van der Waals surface area contributed by atoms with Crippen LogP contribution in [-0.2, 0) is 11.3 Å². The highest BCUT2D eigenvalue weighted by Crippen LogP contribution is 2.42. The van der Waals surface area contributed by atoms with Crippen molar-refractivity contribution in [3.63, 3.8) is 0 Å². The molecule has 0 spiro atoms. The van der Waals surface area contributed by atoms with Crippen LogP contribution in [0.3, 0.4) is 0 Å². The number of nitrogens with zero attached hydrogens (tertiary/aromatic N) is 3. The van der Waals surface area contributed by atoms with E-state index in [4.69, 9.17) is 4.74 Å². The van der Waals surface area contributed by atoms with E-state index in [-0.39, 0.29) is 27.3 Å². The second-order valence-electron chi connectivity index (χ2n) is 6.10. The molecule has 0 atom stereocenters. The van der Waals surface area contributed by atoms with Crippen LogP contribution in [0, 0.1) is 0 Å². The highest BCUT2D eigenvalue weighted by Gasteiger charge is 2.26. The van der Waals surface area contributed by atoms with Crippen molar-refractivity contribution < 1.29 is 21.6 Å². The van der Waals surface area contributed by atoms with Crippen molar-refractivity contribution in [1.29, 1.82) is 0 Å². The van der Waals surface area contributed by atoms with Crippen LogP contribution in [0.5, 0.6) is 0 Å². The van der Waals surface area contributed by atoms with E-state index in [0.717, 1.165) is 53.9 Å². The molecule has 0 radical (unpaired) electrons. The number of anilines is 2. The minimum atomic E-state index is 0. The first-order valence-corrected chi connectivity index (χ1v) is 8.34. The molecule has 5 nitrogen and oxygen atoms in total. The molecule has 1 aromatic carbocycles. The predicted molar refractivity (Wildman–Crippen MR) is 99.8 cm³/mol. The molecule has 0 saturated carbocycles. The van der Waals surface area contributed by atoms with Crippen LogP contribution in [0.1, 0.15) is 20.4 Å². The quantitative estimate of drug-likeness (QED) is 0.668. The number of halogens is 1. The number of aromatic nitrogens is 2. The zero-order chi connectivity index (χ0) is 15.0. The minimum absolute atomic E-state index is 0. The van der Waals surface area contributed by atoms with E-state index in [2.05, 4.69) is 40.5 Å². The molecule has 4 rings (SSSR count). The molecular formula is C18H27ClN4OS. The monoisotopic (exact) mass is 382 g/mol. The summed E-state index contributed by atoms with van der Waals surface area (Å²) in [4.78, 5) is 9.94. The van der Waals surface area contributed by atoms with Crippen LogP contribution >= 0.6 is 11.8 Å². The Balaban J connectivity index is 0.00000104. The van der Waals surface area contributed by atoms with Gasteiger partial charge < -0.3 is 26.9 Å². The molecule has 2 aliphatic rings. The Labute approximate surface area is 161 Å². The molecule has 0 unspecified atom stereocenters. The molecule has 3 heterocycles. The standard InChI is InChI=1S/C16H19N4OS.2CH4.ClH/c1-20(6-8-21-9-7-20)11-12-2-3-14-13(10-12)19-15-16(22-14)18-5-4-17-15;;;/h2-5,10H,6-9,11H2,1H3,(H,17,19);2*1H4;1H/q+1;;;/p-1. The van der Waals surface area contributed by atoms with Gasteiger partial charge >= 0.3 is 0 Å². The summed E-state index contributed by atoms with van der Waals surface area (Å²) in [6.45, 7) is 4.91. The number of nitrogens with one attached hydrogen (secondary N) is 1. The number of morpholine rings is 1. The second kappa shape index (κ2) is 8.85. The van der Waals surface area contributed by atoms with Crippen molar-refractivity contribution in [2.24, 2.45) is 0 Å². The van der Waals surface area contributed by atoms with Gasteiger partial charge in [0.1, 0.15) is 24.7 Å². The average molecular weight is 383 g/mol. The molecule has 0 amide bonds. The van der Waals surface area contributed by atoms with Gasteiger partial charge in [-0.2, -0.15) is 0 Å². The molecule has 0 bridgehead atoms. The molecule has 138 valence electrons. The highest BCUT2D eigenvalue weighted by molar-refractivity contribution is 7.99. The van der Waals surface area contributed by atoms with E-state index in [9.17, 15) is 0 Å². The summed E-state index contributed by atoms with van der Waals surface area (Å²) in [5.74, 6) is 0.851. The van der Waals surface area contributed by atoms with E-state index in [1.165, 1.54) is 10.5 Å². The van der Waals surface area contributed by atoms with Crippen molar-refractivity contribution in [2.45, 2.75) is 31.3 Å². The van der Waals surface area contributed by atoms with Gasteiger partial charge in [0.25, 0.3) is 0 Å². The number of benzene rings is 1. The Kier molecular flexibility index (Phi) is 7.68. The number of quaternary nitrogens is 1. The third-order valence-electron chi connectivity index (χ3n) is 4.28. The zero-order valence-electron chi connectivity index (χ0n) is 13.0. The normalized spacial score (nSPS) is 16.7. The van der Waals surface area contributed by atoms with Gasteiger partial charge in [-0.15, -0.1) is 0 Å². The Morgan fingerprint density at radius 3 is 2.64 bits per heavy atom. The van der Waals surface area contributed by atoms with Crippen molar-refractivity contribution in [2.75, 3.05) is 38.7 Å². The van der Waals surface area contributed by atoms with Crippen molar-refractivity contribution in [1.82, 2.24) is 9.97 Å². The highest BCUT2D eigenvalue weighted by atomic mass is 35.5. The Hall–Kier alpha value is -1.34. The predicted octanol–water partition coefficient (Wildman–Crippen LogP) is 0.938. The van der Waals surface area contributed by atoms with Gasteiger partial charge in [-0.3, -0.25) is 0 Å². The van der Waals surface area contributed by atoms with Crippen LogP contribution in [0.2, 0.25) is 0 Å². The number of rotatable bonds is 2. The van der Waals surface area contributed by atoms with Gasteiger partial charge in [0.05, 0.1) is 25.9 Å². The Bertz CT molecular complexity index is 707. The van der Waals surface area contributed by atoms with Crippen molar-refractivity contribution in [3.8, 4) is 0 Å². The van der Waals surface area contributed by atoms with Crippen LogP contribution < -0.4 is 17.7 Å². The SMILES string of the molecule is C.C.C[N+]1(Cc2ccc3c(c2)Nc2nccnc2S3)CCOCC1.[Cl-]. The van der Waals surface area contributed by atoms with E-state index < -0.39 is 0 Å². The van der Waals surface area contributed by atoms with Crippen molar-refractivity contribution in [3.05, 3.63) is 36.2 Å². The third-order valence-corrected chi connectivity index (χ3v) is 5.35. The van der Waals surface area contributed by atoms with Gasteiger partial charge in [0.15, 0.2) is 5.82 Å². The first-order valence-electron chi connectivity index (χ1n) is 7.52. The fraction of sp³-hybridized carbons (Fsp3) is 0.444. The Morgan fingerprint density at radius 1 is 1.16 bits per heavy atom. The van der Waals surface area contributed by atoms with E-state index in [1.807, 2.05) is 0 Å². The summed E-state index contributed by atoms with van der Waals surface area (Å²) in [5, 5.41) is 4.34. The number of likely N-dealkylation sites (N-methyl/N-ethyl adjacent to an activating group) is 1. The maximum Gasteiger partial charge on any atom is 0.163 e. The van der Waals surface area contributed by atoms with Gasteiger partial charge in [-0.1, -0.05) is 32.7 Å². The van der Waals surface area contributed by atoms with Crippen molar-refractivity contribution >= 4 is 23.3 Å². The first-order chi connectivity index (χ1) is 10.7. The summed E-state index contributed by atoms with van der Waals surface area (Å²) in [7, 11) is 2.31. The number of hydrogen-bond donors (Lipinski definition) is 1. The maximum absolute atomic E-state index is 5.49. The summed E-state index contributed by atoms with van der Waals surface area (Å²) in [6.07, 6.45) is 3.46. The molecular weight excluding hydrogens is 356 g/mol. The van der Waals surface area contributed by atoms with E-state index in [1.54, 1.807) is 24.2 Å². The second-order valence-corrected chi connectivity index (χ2v) is 7.14.